The Kier molecular flexibility index (Phi) is 2.88. The number of hydrogen-bond acceptors (Lipinski definition) is 4. The molecule has 0 bridgehead atoms. The predicted octanol–water partition coefficient (Wildman–Crippen LogP) is 0.386. The first-order valence-corrected chi connectivity index (χ1v) is 5.15. The summed E-state index contributed by atoms with van der Waals surface area (Å²) < 4.78 is 1.49. The molecule has 0 radical (unpaired) electrons. The number of aromatic nitrogens is 3. The molecular formula is C11H13N5O. The van der Waals surface area contributed by atoms with Crippen LogP contribution in [-0.4, -0.2) is 20.7 Å². The molecule has 0 spiro atoms. The van der Waals surface area contributed by atoms with Crippen molar-refractivity contribution in [3.05, 3.63) is 41.9 Å². The maximum absolute atomic E-state index is 10.9. The molecule has 17 heavy (non-hydrogen) atoms. The highest BCUT2D eigenvalue weighted by Gasteiger charge is 2.08. The fourth-order valence-corrected chi connectivity index (χ4v) is 1.43. The monoisotopic (exact) mass is 231 g/mol. The number of carbonyl (C=O) groups is 1. The first-order valence-electron chi connectivity index (χ1n) is 5.15. The number of rotatable bonds is 3. The molecule has 0 fully saturated rings. The summed E-state index contributed by atoms with van der Waals surface area (Å²) >= 11 is 0. The molecule has 0 aromatic carbocycles. The zero-order chi connectivity index (χ0) is 12.4. The van der Waals surface area contributed by atoms with Crippen LogP contribution in [0.5, 0.6) is 0 Å². The first kappa shape index (κ1) is 11.3. The van der Waals surface area contributed by atoms with Crippen LogP contribution in [-0.2, 0) is 0 Å². The van der Waals surface area contributed by atoms with Gasteiger partial charge in [-0.1, -0.05) is 0 Å². The van der Waals surface area contributed by atoms with Crippen molar-refractivity contribution in [2.24, 2.45) is 11.5 Å². The summed E-state index contributed by atoms with van der Waals surface area (Å²) in [6.45, 7) is 1.89. The van der Waals surface area contributed by atoms with Gasteiger partial charge in [0.05, 0.1) is 0 Å². The predicted molar refractivity (Wildman–Crippen MR) is 62.5 cm³/mol. The quantitative estimate of drug-likeness (QED) is 0.797. The molecule has 0 saturated carbocycles. The second-order valence-corrected chi connectivity index (χ2v) is 3.75. The first-order chi connectivity index (χ1) is 8.08. The molecule has 0 saturated heterocycles. The van der Waals surface area contributed by atoms with Crippen LogP contribution in [0.25, 0.3) is 5.82 Å². The van der Waals surface area contributed by atoms with Crippen molar-refractivity contribution in [1.29, 1.82) is 0 Å². The van der Waals surface area contributed by atoms with Crippen molar-refractivity contribution in [1.82, 2.24) is 14.8 Å². The van der Waals surface area contributed by atoms with Gasteiger partial charge in [-0.15, -0.1) is 0 Å². The number of carbonyl (C=O) groups excluding carboxylic acids is 1. The summed E-state index contributed by atoms with van der Waals surface area (Å²) in [5, 5.41) is 4.02. The topological polar surface area (TPSA) is 99.8 Å². The van der Waals surface area contributed by atoms with Crippen LogP contribution in [0.4, 0.5) is 0 Å². The van der Waals surface area contributed by atoms with Gasteiger partial charge < -0.3 is 11.5 Å². The number of amides is 1. The highest BCUT2D eigenvalue weighted by molar-refractivity contribution is 5.90. The van der Waals surface area contributed by atoms with E-state index >= 15 is 0 Å². The van der Waals surface area contributed by atoms with E-state index in [1.807, 2.05) is 19.1 Å². The van der Waals surface area contributed by atoms with Gasteiger partial charge >= 0.3 is 0 Å². The van der Waals surface area contributed by atoms with Crippen LogP contribution in [0.2, 0.25) is 0 Å². The molecule has 1 amide bonds. The van der Waals surface area contributed by atoms with E-state index < -0.39 is 5.91 Å². The van der Waals surface area contributed by atoms with Crippen LogP contribution >= 0.6 is 0 Å². The van der Waals surface area contributed by atoms with Crippen molar-refractivity contribution < 1.29 is 4.79 Å². The van der Waals surface area contributed by atoms with Crippen molar-refractivity contribution in [2.45, 2.75) is 13.0 Å². The maximum Gasteiger partial charge on any atom is 0.269 e. The maximum atomic E-state index is 10.9. The van der Waals surface area contributed by atoms with Crippen LogP contribution in [0.15, 0.2) is 30.6 Å². The van der Waals surface area contributed by atoms with Crippen LogP contribution < -0.4 is 11.5 Å². The number of nitrogens with zero attached hydrogens (tertiary/aromatic N) is 3. The zero-order valence-corrected chi connectivity index (χ0v) is 9.37. The summed E-state index contributed by atoms with van der Waals surface area (Å²) in [6.07, 6.45) is 3.28. The molecule has 0 aliphatic heterocycles. The molecule has 88 valence electrons. The number of nitrogens with two attached hydrogens (primary N) is 2. The lowest BCUT2D eigenvalue weighted by molar-refractivity contribution is 0.0995. The molecule has 6 heteroatoms. The van der Waals surface area contributed by atoms with Gasteiger partial charge in [0.25, 0.3) is 5.91 Å². The lowest BCUT2D eigenvalue weighted by Gasteiger charge is -2.07. The molecule has 2 rings (SSSR count). The summed E-state index contributed by atoms with van der Waals surface area (Å²) in [5.74, 6) is 0.0411. The Hall–Kier alpha value is -2.21. The fraction of sp³-hybridized carbons (Fsp3) is 0.182. The van der Waals surface area contributed by atoms with Crippen molar-refractivity contribution in [3.63, 3.8) is 0 Å². The van der Waals surface area contributed by atoms with Gasteiger partial charge in [-0.3, -0.25) is 4.79 Å². The lowest BCUT2D eigenvalue weighted by atomic mass is 10.1. The lowest BCUT2D eigenvalue weighted by Crippen LogP contribution is -2.12. The smallest absolute Gasteiger partial charge is 0.269 e. The number of pyridine rings is 1. The Morgan fingerprint density at radius 2 is 2.24 bits per heavy atom. The third-order valence-corrected chi connectivity index (χ3v) is 2.37. The summed E-state index contributed by atoms with van der Waals surface area (Å²) in [4.78, 5) is 15.1. The molecular weight excluding hydrogens is 218 g/mol. The van der Waals surface area contributed by atoms with E-state index in [9.17, 15) is 4.79 Å². The van der Waals surface area contributed by atoms with Gasteiger partial charge in [-0.05, 0) is 30.7 Å². The average molecular weight is 231 g/mol. The van der Waals surface area contributed by atoms with Gasteiger partial charge in [0, 0.05) is 18.4 Å². The standard InChI is InChI=1S/C11H13N5O/c1-7(12)8-2-4-14-10(6-8)16-5-3-9(15-16)11(13)17/h2-7H,12H2,1H3,(H2,13,17)/t7-/m1/s1. The highest BCUT2D eigenvalue weighted by atomic mass is 16.1. The molecule has 4 N–H and O–H groups in total. The van der Waals surface area contributed by atoms with Crippen molar-refractivity contribution >= 4 is 5.91 Å². The average Bonchev–Trinajstić information content (AvgIpc) is 2.78. The van der Waals surface area contributed by atoms with Crippen molar-refractivity contribution in [3.8, 4) is 5.82 Å². The van der Waals surface area contributed by atoms with E-state index in [2.05, 4.69) is 10.1 Å². The third kappa shape index (κ3) is 2.31. The second kappa shape index (κ2) is 4.34. The van der Waals surface area contributed by atoms with Crippen LogP contribution in [0, 0.1) is 0 Å². The van der Waals surface area contributed by atoms with Crippen LogP contribution in [0.3, 0.4) is 0 Å². The van der Waals surface area contributed by atoms with E-state index in [1.165, 1.54) is 4.68 Å². The molecule has 0 aliphatic rings. The third-order valence-electron chi connectivity index (χ3n) is 2.37. The minimum absolute atomic E-state index is 0.0806. The largest absolute Gasteiger partial charge is 0.364 e. The van der Waals surface area contributed by atoms with E-state index in [-0.39, 0.29) is 11.7 Å². The molecule has 6 nitrogen and oxygen atoms in total. The molecule has 0 unspecified atom stereocenters. The minimum Gasteiger partial charge on any atom is -0.364 e. The molecule has 0 aliphatic carbocycles. The highest BCUT2D eigenvalue weighted by Crippen LogP contribution is 2.12. The zero-order valence-electron chi connectivity index (χ0n) is 9.37. The van der Waals surface area contributed by atoms with E-state index in [0.29, 0.717) is 5.82 Å². The Bertz CT molecular complexity index is 546. The normalized spacial score (nSPS) is 12.4. The van der Waals surface area contributed by atoms with E-state index in [0.717, 1.165) is 5.56 Å². The molecule has 1 atom stereocenters. The molecule has 2 heterocycles. The second-order valence-electron chi connectivity index (χ2n) is 3.75. The SMILES string of the molecule is C[C@@H](N)c1ccnc(-n2ccc(C(N)=O)n2)c1. The van der Waals surface area contributed by atoms with Gasteiger partial charge in [0.2, 0.25) is 0 Å². The van der Waals surface area contributed by atoms with Crippen LogP contribution in [0.1, 0.15) is 29.0 Å². The molecule has 2 aromatic heterocycles. The number of primary amides is 1. The summed E-state index contributed by atoms with van der Waals surface area (Å²) in [7, 11) is 0. The van der Waals surface area contributed by atoms with Gasteiger partial charge in [-0.25, -0.2) is 9.67 Å². The molecule has 2 aromatic rings. The van der Waals surface area contributed by atoms with E-state index in [1.54, 1.807) is 18.5 Å². The van der Waals surface area contributed by atoms with Gasteiger partial charge in [-0.2, -0.15) is 5.10 Å². The van der Waals surface area contributed by atoms with Crippen molar-refractivity contribution in [2.75, 3.05) is 0 Å². The Morgan fingerprint density at radius 3 is 2.82 bits per heavy atom. The van der Waals surface area contributed by atoms with Gasteiger partial charge in [0.15, 0.2) is 5.82 Å². The fourth-order valence-electron chi connectivity index (χ4n) is 1.43. The van der Waals surface area contributed by atoms with Gasteiger partial charge in [0.1, 0.15) is 5.69 Å². The summed E-state index contributed by atoms with van der Waals surface area (Å²) in [6, 6.07) is 5.13. The minimum atomic E-state index is -0.563. The Morgan fingerprint density at radius 1 is 1.47 bits per heavy atom. The Labute approximate surface area is 98.3 Å². The Balaban J connectivity index is 2.38. The number of hydrogen-bond donors (Lipinski definition) is 2. The summed E-state index contributed by atoms with van der Waals surface area (Å²) in [5.41, 5.74) is 12.1. The van der Waals surface area contributed by atoms with E-state index in [4.69, 9.17) is 11.5 Å².